The third-order valence-electron chi connectivity index (χ3n) is 4.68. The molecule has 6 nitrogen and oxygen atoms in total. The number of nitrogens with one attached hydrogen (secondary N) is 1. The van der Waals surface area contributed by atoms with Crippen LogP contribution in [0.1, 0.15) is 32.4 Å². The highest BCUT2D eigenvalue weighted by Crippen LogP contribution is 2.24. The van der Waals surface area contributed by atoms with Crippen molar-refractivity contribution in [2.45, 2.75) is 27.4 Å². The standard InChI is InChI=1S/C23H22N4O2S/c1-15-22(16(2)27(26-15)20-9-5-4-6-10-20)25-23(28)18-8-7-11-21(12-18)29-13-19-14-30-17(3)24-19/h4-12,14H,13H2,1-3H3,(H,25,28). The van der Waals surface area contributed by atoms with Crippen LogP contribution in [0.5, 0.6) is 5.75 Å². The van der Waals surface area contributed by atoms with E-state index in [1.54, 1.807) is 23.5 Å². The maximum Gasteiger partial charge on any atom is 0.255 e. The SMILES string of the molecule is Cc1nc(COc2cccc(C(=O)Nc3c(C)nn(-c4ccccc4)c3C)c2)cs1. The number of para-hydroxylation sites is 1. The summed E-state index contributed by atoms with van der Waals surface area (Å²) in [6.45, 7) is 6.16. The summed E-state index contributed by atoms with van der Waals surface area (Å²) in [7, 11) is 0. The van der Waals surface area contributed by atoms with Gasteiger partial charge in [-0.3, -0.25) is 4.79 Å². The third-order valence-corrected chi connectivity index (χ3v) is 5.50. The van der Waals surface area contributed by atoms with E-state index in [1.807, 2.05) is 73.3 Å². The Morgan fingerprint density at radius 3 is 2.63 bits per heavy atom. The molecule has 0 aliphatic carbocycles. The molecule has 2 aromatic heterocycles. The molecule has 1 N–H and O–H groups in total. The zero-order chi connectivity index (χ0) is 21.1. The average molecular weight is 419 g/mol. The summed E-state index contributed by atoms with van der Waals surface area (Å²) < 4.78 is 7.64. The Hall–Kier alpha value is -3.45. The largest absolute Gasteiger partial charge is 0.487 e. The minimum absolute atomic E-state index is 0.205. The van der Waals surface area contributed by atoms with Crippen molar-refractivity contribution < 1.29 is 9.53 Å². The lowest BCUT2D eigenvalue weighted by atomic mass is 10.2. The highest BCUT2D eigenvalue weighted by molar-refractivity contribution is 7.09. The second-order valence-corrected chi connectivity index (χ2v) is 7.98. The minimum Gasteiger partial charge on any atom is -0.487 e. The number of amides is 1. The van der Waals surface area contributed by atoms with Crippen molar-refractivity contribution in [1.82, 2.24) is 14.8 Å². The van der Waals surface area contributed by atoms with Crippen molar-refractivity contribution in [3.8, 4) is 11.4 Å². The second kappa shape index (κ2) is 8.51. The quantitative estimate of drug-likeness (QED) is 0.474. The number of hydrogen-bond acceptors (Lipinski definition) is 5. The number of aromatic nitrogens is 3. The molecule has 1 amide bonds. The van der Waals surface area contributed by atoms with Gasteiger partial charge in [-0.05, 0) is 51.1 Å². The van der Waals surface area contributed by atoms with Crippen LogP contribution in [0.15, 0.2) is 60.0 Å². The van der Waals surface area contributed by atoms with Crippen LogP contribution >= 0.6 is 11.3 Å². The molecule has 30 heavy (non-hydrogen) atoms. The first-order chi connectivity index (χ1) is 14.5. The molecule has 0 fully saturated rings. The van der Waals surface area contributed by atoms with Gasteiger partial charge in [0.1, 0.15) is 12.4 Å². The maximum absolute atomic E-state index is 12.9. The van der Waals surface area contributed by atoms with Crippen molar-refractivity contribution in [3.05, 3.63) is 87.6 Å². The van der Waals surface area contributed by atoms with Crippen LogP contribution in [-0.2, 0) is 6.61 Å². The number of aryl methyl sites for hydroxylation is 2. The molecule has 2 heterocycles. The maximum atomic E-state index is 12.9. The number of carbonyl (C=O) groups excluding carboxylic acids is 1. The highest BCUT2D eigenvalue weighted by atomic mass is 32.1. The lowest BCUT2D eigenvalue weighted by Gasteiger charge is -2.09. The van der Waals surface area contributed by atoms with E-state index in [0.29, 0.717) is 23.6 Å². The van der Waals surface area contributed by atoms with Crippen LogP contribution in [0.25, 0.3) is 5.69 Å². The zero-order valence-corrected chi connectivity index (χ0v) is 17.9. The third kappa shape index (κ3) is 4.26. The van der Waals surface area contributed by atoms with Gasteiger partial charge in [0.15, 0.2) is 0 Å². The fraction of sp³-hybridized carbons (Fsp3) is 0.174. The van der Waals surface area contributed by atoms with E-state index in [4.69, 9.17) is 4.74 Å². The Balaban J connectivity index is 1.50. The van der Waals surface area contributed by atoms with E-state index in [1.165, 1.54) is 0 Å². The lowest BCUT2D eigenvalue weighted by Crippen LogP contribution is -2.13. The molecule has 0 spiro atoms. The van der Waals surface area contributed by atoms with Gasteiger partial charge in [0.25, 0.3) is 5.91 Å². The lowest BCUT2D eigenvalue weighted by molar-refractivity contribution is 0.102. The van der Waals surface area contributed by atoms with Crippen molar-refractivity contribution in [2.75, 3.05) is 5.32 Å². The molecule has 0 saturated heterocycles. The predicted octanol–water partition coefficient (Wildman–Crippen LogP) is 5.09. The summed E-state index contributed by atoms with van der Waals surface area (Å²) in [5.74, 6) is 0.422. The molecule has 152 valence electrons. The molecule has 0 radical (unpaired) electrons. The predicted molar refractivity (Wildman–Crippen MR) is 119 cm³/mol. The molecule has 0 bridgehead atoms. The number of benzene rings is 2. The van der Waals surface area contributed by atoms with E-state index in [-0.39, 0.29) is 5.91 Å². The van der Waals surface area contributed by atoms with Crippen molar-refractivity contribution in [1.29, 1.82) is 0 Å². The molecule has 0 atom stereocenters. The van der Waals surface area contributed by atoms with Gasteiger partial charge in [-0.1, -0.05) is 24.3 Å². The first kappa shape index (κ1) is 19.8. The normalized spacial score (nSPS) is 10.8. The molecule has 0 saturated carbocycles. The van der Waals surface area contributed by atoms with Crippen molar-refractivity contribution in [2.24, 2.45) is 0 Å². The van der Waals surface area contributed by atoms with Gasteiger partial charge in [0.2, 0.25) is 0 Å². The number of carbonyl (C=O) groups is 1. The van der Waals surface area contributed by atoms with Crippen LogP contribution in [0.3, 0.4) is 0 Å². The van der Waals surface area contributed by atoms with Crippen molar-refractivity contribution >= 4 is 22.9 Å². The number of nitrogens with zero attached hydrogens (tertiary/aromatic N) is 3. The fourth-order valence-electron chi connectivity index (χ4n) is 3.19. The van der Waals surface area contributed by atoms with Crippen LogP contribution in [0.4, 0.5) is 5.69 Å². The topological polar surface area (TPSA) is 69.0 Å². The first-order valence-corrected chi connectivity index (χ1v) is 10.5. The van der Waals surface area contributed by atoms with Gasteiger partial charge < -0.3 is 10.1 Å². The monoisotopic (exact) mass is 418 g/mol. The second-order valence-electron chi connectivity index (χ2n) is 6.92. The Morgan fingerprint density at radius 1 is 1.10 bits per heavy atom. The van der Waals surface area contributed by atoms with E-state index in [9.17, 15) is 4.79 Å². The van der Waals surface area contributed by atoms with Gasteiger partial charge in [-0.15, -0.1) is 11.3 Å². The Bertz CT molecular complexity index is 1180. The molecule has 0 unspecified atom stereocenters. The van der Waals surface area contributed by atoms with Crippen LogP contribution < -0.4 is 10.1 Å². The molecule has 4 rings (SSSR count). The summed E-state index contributed by atoms with van der Waals surface area (Å²) >= 11 is 1.59. The average Bonchev–Trinajstić information content (AvgIpc) is 3.30. The number of hydrogen-bond donors (Lipinski definition) is 1. The van der Waals surface area contributed by atoms with E-state index in [0.717, 1.165) is 27.8 Å². The fourth-order valence-corrected chi connectivity index (χ4v) is 3.79. The van der Waals surface area contributed by atoms with Gasteiger partial charge in [0, 0.05) is 10.9 Å². The Kier molecular flexibility index (Phi) is 5.63. The molecule has 0 aliphatic heterocycles. The van der Waals surface area contributed by atoms with E-state index < -0.39 is 0 Å². The molecular weight excluding hydrogens is 396 g/mol. The number of anilines is 1. The van der Waals surface area contributed by atoms with E-state index in [2.05, 4.69) is 15.4 Å². The molecule has 2 aromatic carbocycles. The molecule has 0 aliphatic rings. The zero-order valence-electron chi connectivity index (χ0n) is 17.0. The molecular formula is C23H22N4O2S. The first-order valence-electron chi connectivity index (χ1n) is 9.58. The van der Waals surface area contributed by atoms with E-state index >= 15 is 0 Å². The van der Waals surface area contributed by atoms with Gasteiger partial charge >= 0.3 is 0 Å². The van der Waals surface area contributed by atoms with Crippen LogP contribution in [0.2, 0.25) is 0 Å². The Morgan fingerprint density at radius 2 is 1.90 bits per heavy atom. The number of thiazole rings is 1. The molecule has 7 heteroatoms. The minimum atomic E-state index is -0.205. The van der Waals surface area contributed by atoms with Gasteiger partial charge in [-0.2, -0.15) is 5.10 Å². The smallest absolute Gasteiger partial charge is 0.255 e. The summed E-state index contributed by atoms with van der Waals surface area (Å²) in [5, 5.41) is 10.6. The summed E-state index contributed by atoms with van der Waals surface area (Å²) in [5.41, 5.74) is 4.70. The Labute approximate surface area is 179 Å². The summed E-state index contributed by atoms with van der Waals surface area (Å²) in [4.78, 5) is 17.3. The molecule has 4 aromatic rings. The van der Waals surface area contributed by atoms with Gasteiger partial charge in [-0.25, -0.2) is 9.67 Å². The van der Waals surface area contributed by atoms with Gasteiger partial charge in [0.05, 0.1) is 33.5 Å². The number of ether oxygens (including phenoxy) is 1. The van der Waals surface area contributed by atoms with Crippen LogP contribution in [0, 0.1) is 20.8 Å². The van der Waals surface area contributed by atoms with Crippen molar-refractivity contribution in [3.63, 3.8) is 0 Å². The summed E-state index contributed by atoms with van der Waals surface area (Å²) in [6, 6.07) is 17.0. The van der Waals surface area contributed by atoms with Crippen LogP contribution in [-0.4, -0.2) is 20.7 Å². The number of rotatable bonds is 6. The highest BCUT2D eigenvalue weighted by Gasteiger charge is 2.16. The summed E-state index contributed by atoms with van der Waals surface area (Å²) in [6.07, 6.45) is 0.